The van der Waals surface area contributed by atoms with Gasteiger partial charge in [0.05, 0.1) is 40.5 Å². The van der Waals surface area contributed by atoms with Crippen LogP contribution in [0.2, 0.25) is 0 Å². The lowest BCUT2D eigenvalue weighted by atomic mass is 9.97. The first kappa shape index (κ1) is 30.4. The normalized spacial score (nSPS) is 11.1. The van der Waals surface area contributed by atoms with Crippen LogP contribution in [0.1, 0.15) is 11.1 Å². The number of benzene rings is 7. The Hall–Kier alpha value is -6.97. The molecular weight excluding hydrogens is 625 g/mol. The van der Waals surface area contributed by atoms with Gasteiger partial charge in [-0.15, -0.1) is 0 Å². The van der Waals surface area contributed by atoms with Gasteiger partial charge in [0.1, 0.15) is 6.07 Å². The maximum atomic E-state index is 10.9. The molecule has 4 nitrogen and oxygen atoms in total. The molecule has 232 valence electrons. The van der Waals surface area contributed by atoms with Gasteiger partial charge in [-0.2, -0.15) is 10.5 Å². The van der Waals surface area contributed by atoms with Gasteiger partial charge in [0.25, 0.3) is 0 Å². The van der Waals surface area contributed by atoms with Gasteiger partial charge in [0.15, 0.2) is 13.8 Å². The van der Waals surface area contributed by atoms with E-state index in [0.29, 0.717) is 22.4 Å². The van der Waals surface area contributed by atoms with E-state index in [-0.39, 0.29) is 0 Å². The number of nitrogens with zero attached hydrogens (tertiary/aromatic N) is 4. The molecule has 50 heavy (non-hydrogen) atoms. The van der Waals surface area contributed by atoms with Gasteiger partial charge in [-0.3, -0.25) is 0 Å². The maximum Gasteiger partial charge on any atom is 0.195 e. The molecule has 0 amide bonds. The van der Waals surface area contributed by atoms with E-state index in [2.05, 4.69) is 100 Å². The fraction of sp³-hybridized carbons (Fsp3) is 0. The maximum absolute atomic E-state index is 10.9. The molecule has 0 bridgehead atoms. The van der Waals surface area contributed by atoms with Crippen LogP contribution in [0.15, 0.2) is 170 Å². The molecule has 0 fully saturated rings. The Morgan fingerprint density at radius 3 is 1.68 bits per heavy atom. The molecule has 8 aromatic rings. The summed E-state index contributed by atoms with van der Waals surface area (Å²) in [5.41, 5.74) is 5.60. The highest BCUT2D eigenvalue weighted by molar-refractivity contribution is 7.20. The SMILES string of the molecule is [C-]#[N+]c1c(-c2cccc(-n3c4ccccc4c4cc(C#N)ccc43)c2C#N)cccc1[Si](c1ccccc1)(c1ccccc1)c1ccccc1. The van der Waals surface area contributed by atoms with Crippen LogP contribution in [0.3, 0.4) is 0 Å². The highest BCUT2D eigenvalue weighted by Gasteiger charge is 2.43. The van der Waals surface area contributed by atoms with Crippen molar-refractivity contribution in [1.29, 1.82) is 10.5 Å². The molecule has 0 unspecified atom stereocenters. The molecule has 1 aromatic heterocycles. The highest BCUT2D eigenvalue weighted by Crippen LogP contribution is 2.38. The van der Waals surface area contributed by atoms with Crippen LogP contribution in [0, 0.1) is 29.2 Å². The second-order valence-electron chi connectivity index (χ2n) is 12.2. The summed E-state index contributed by atoms with van der Waals surface area (Å²) < 4.78 is 2.10. The van der Waals surface area contributed by atoms with Crippen LogP contribution in [0.25, 0.3) is 43.5 Å². The smallest absolute Gasteiger partial charge is 0.195 e. The summed E-state index contributed by atoms with van der Waals surface area (Å²) in [5.74, 6) is 0. The average molecular weight is 653 g/mol. The van der Waals surface area contributed by atoms with E-state index in [1.807, 2.05) is 91.0 Å². The quantitative estimate of drug-likeness (QED) is 0.104. The Kier molecular flexibility index (Phi) is 7.63. The number of hydrogen-bond acceptors (Lipinski definition) is 2. The summed E-state index contributed by atoms with van der Waals surface area (Å²) in [6.45, 7) is 8.75. The Bertz CT molecular complexity index is 2580. The molecule has 0 radical (unpaired) electrons. The first-order valence-electron chi connectivity index (χ1n) is 16.4. The van der Waals surface area contributed by atoms with Crippen molar-refractivity contribution < 1.29 is 0 Å². The third kappa shape index (κ3) is 4.64. The van der Waals surface area contributed by atoms with Crippen LogP contribution >= 0.6 is 0 Å². The molecule has 0 saturated heterocycles. The van der Waals surface area contributed by atoms with Crippen molar-refractivity contribution in [3.05, 3.63) is 192 Å². The van der Waals surface area contributed by atoms with Crippen molar-refractivity contribution in [1.82, 2.24) is 4.57 Å². The molecule has 7 aromatic carbocycles. The van der Waals surface area contributed by atoms with E-state index in [1.165, 1.54) is 15.6 Å². The predicted octanol–water partition coefficient (Wildman–Crippen LogP) is 8.12. The summed E-state index contributed by atoms with van der Waals surface area (Å²) in [4.78, 5) is 4.31. The van der Waals surface area contributed by atoms with E-state index in [9.17, 15) is 10.5 Å². The molecule has 0 aliphatic heterocycles. The average Bonchev–Trinajstić information content (AvgIpc) is 3.52. The van der Waals surface area contributed by atoms with E-state index in [1.54, 1.807) is 0 Å². The third-order valence-electron chi connectivity index (χ3n) is 9.66. The second-order valence-corrected chi connectivity index (χ2v) is 15.9. The molecule has 1 heterocycles. The molecule has 0 atom stereocenters. The van der Waals surface area contributed by atoms with Crippen molar-refractivity contribution in [2.24, 2.45) is 0 Å². The van der Waals surface area contributed by atoms with Gasteiger partial charge in [-0.1, -0.05) is 140 Å². The molecular formula is C45H28N4Si. The summed E-state index contributed by atoms with van der Waals surface area (Å²) in [5, 5.41) is 27.1. The predicted molar refractivity (Wildman–Crippen MR) is 206 cm³/mol. The van der Waals surface area contributed by atoms with Crippen LogP contribution in [0.5, 0.6) is 0 Å². The summed E-state index contributed by atoms with van der Waals surface area (Å²) in [6, 6.07) is 62.2. The zero-order chi connectivity index (χ0) is 34.1. The van der Waals surface area contributed by atoms with Crippen molar-refractivity contribution in [2.45, 2.75) is 0 Å². The number of rotatable bonds is 6. The lowest BCUT2D eigenvalue weighted by Gasteiger charge is -2.35. The Balaban J connectivity index is 1.45. The molecule has 0 aliphatic rings. The molecule has 5 heteroatoms. The number of nitriles is 2. The molecule has 0 N–H and O–H groups in total. The van der Waals surface area contributed by atoms with Crippen molar-refractivity contribution in [3.63, 3.8) is 0 Å². The topological polar surface area (TPSA) is 56.9 Å². The lowest BCUT2D eigenvalue weighted by Crippen LogP contribution is -2.74. The van der Waals surface area contributed by atoms with Gasteiger partial charge in [-0.05, 0) is 62.2 Å². The van der Waals surface area contributed by atoms with Crippen LogP contribution in [-0.2, 0) is 0 Å². The number of aromatic nitrogens is 1. The standard InChI is InChI=1S/C45H28N4Si/c1-48-45-38(23-14-26-44(45)50(33-15-5-2-6-16-33,34-17-7-3-8-18-34)35-19-9-4-10-20-35)36-22-13-25-42(40(36)31-47)49-41-24-12-11-21-37(41)39-29-32(30-46)27-28-43(39)49/h2-29H. The first-order valence-corrected chi connectivity index (χ1v) is 18.4. The first-order chi connectivity index (χ1) is 24.7. The second kappa shape index (κ2) is 12.6. The van der Waals surface area contributed by atoms with Gasteiger partial charge in [0.2, 0.25) is 0 Å². The molecule has 0 saturated carbocycles. The van der Waals surface area contributed by atoms with Gasteiger partial charge < -0.3 is 4.57 Å². The summed E-state index contributed by atoms with van der Waals surface area (Å²) in [6.07, 6.45) is 0. The minimum Gasteiger partial charge on any atom is -0.308 e. The van der Waals surface area contributed by atoms with Crippen molar-refractivity contribution in [2.75, 3.05) is 0 Å². The molecule has 8 rings (SSSR count). The fourth-order valence-electron chi connectivity index (χ4n) is 7.59. The van der Waals surface area contributed by atoms with E-state index >= 15 is 0 Å². The zero-order valence-corrected chi connectivity index (χ0v) is 28.0. The minimum atomic E-state index is -3.03. The van der Waals surface area contributed by atoms with Gasteiger partial charge >= 0.3 is 0 Å². The summed E-state index contributed by atoms with van der Waals surface area (Å²) >= 11 is 0. The van der Waals surface area contributed by atoms with Crippen molar-refractivity contribution >= 4 is 56.3 Å². The zero-order valence-electron chi connectivity index (χ0n) is 27.0. The van der Waals surface area contributed by atoms with Crippen LogP contribution in [-0.4, -0.2) is 12.6 Å². The number of hydrogen-bond donors (Lipinski definition) is 0. The van der Waals surface area contributed by atoms with E-state index < -0.39 is 8.07 Å². The summed E-state index contributed by atoms with van der Waals surface area (Å²) in [7, 11) is -3.03. The van der Waals surface area contributed by atoms with E-state index in [0.717, 1.165) is 38.2 Å². The highest BCUT2D eigenvalue weighted by atomic mass is 28.3. The molecule has 0 aliphatic carbocycles. The van der Waals surface area contributed by atoms with E-state index in [4.69, 9.17) is 6.57 Å². The van der Waals surface area contributed by atoms with Gasteiger partial charge in [-0.25, -0.2) is 4.85 Å². The van der Waals surface area contributed by atoms with Gasteiger partial charge in [0, 0.05) is 10.8 Å². The third-order valence-corrected chi connectivity index (χ3v) is 14.5. The largest absolute Gasteiger partial charge is 0.308 e. The lowest BCUT2D eigenvalue weighted by molar-refractivity contribution is 1.17. The van der Waals surface area contributed by atoms with Crippen LogP contribution in [0.4, 0.5) is 5.69 Å². The monoisotopic (exact) mass is 652 g/mol. The Morgan fingerprint density at radius 2 is 1.08 bits per heavy atom. The van der Waals surface area contributed by atoms with Crippen molar-refractivity contribution in [3.8, 4) is 29.0 Å². The fourth-order valence-corrected chi connectivity index (χ4v) is 12.5. The minimum absolute atomic E-state index is 0.480. The Labute approximate surface area is 291 Å². The number of para-hydroxylation sites is 2. The Morgan fingerprint density at radius 1 is 0.520 bits per heavy atom. The number of fused-ring (bicyclic) bond motifs is 3. The molecule has 0 spiro atoms. The van der Waals surface area contributed by atoms with Crippen LogP contribution < -0.4 is 20.7 Å².